The Kier molecular flexibility index (Phi) is 5.93. The number of carbonyl (C=O) groups excluding carboxylic acids is 3. The maximum absolute atomic E-state index is 12.2. The van der Waals surface area contributed by atoms with Crippen molar-refractivity contribution in [1.82, 2.24) is 4.90 Å². The molecule has 1 amide bonds. The quantitative estimate of drug-likeness (QED) is 0.612. The van der Waals surface area contributed by atoms with Gasteiger partial charge < -0.3 is 9.64 Å². The number of ketones is 1. The minimum atomic E-state index is -0.199. The first kappa shape index (κ1) is 17.7. The highest BCUT2D eigenvalue weighted by Gasteiger charge is 2.28. The van der Waals surface area contributed by atoms with Crippen LogP contribution < -0.4 is 0 Å². The molecule has 0 radical (unpaired) electrons. The van der Waals surface area contributed by atoms with Crippen LogP contribution in [0.2, 0.25) is 0 Å². The van der Waals surface area contributed by atoms with Crippen LogP contribution in [0.1, 0.15) is 45.8 Å². The Morgan fingerprint density at radius 2 is 1.87 bits per heavy atom. The molecule has 2 heterocycles. The minimum Gasteiger partial charge on any atom is -0.469 e. The molecular weight excluding hydrogens is 314 g/mol. The fourth-order valence-corrected chi connectivity index (χ4v) is 3.89. The number of hydrogen-bond donors (Lipinski definition) is 0. The van der Waals surface area contributed by atoms with Crippen LogP contribution in [0.5, 0.6) is 0 Å². The van der Waals surface area contributed by atoms with E-state index in [9.17, 15) is 14.4 Å². The smallest absolute Gasteiger partial charge is 0.308 e. The van der Waals surface area contributed by atoms with Crippen molar-refractivity contribution in [2.75, 3.05) is 20.2 Å². The molecular formula is C17H23NO4S. The molecule has 6 heteroatoms. The van der Waals surface area contributed by atoms with E-state index in [-0.39, 0.29) is 36.4 Å². The van der Waals surface area contributed by atoms with Crippen LogP contribution in [-0.4, -0.2) is 42.8 Å². The van der Waals surface area contributed by atoms with Crippen LogP contribution in [0.4, 0.5) is 0 Å². The Morgan fingerprint density at radius 1 is 1.22 bits per heavy atom. The molecule has 0 aromatic carbocycles. The van der Waals surface area contributed by atoms with Crippen molar-refractivity contribution in [2.45, 2.75) is 39.5 Å². The number of piperidine rings is 1. The molecule has 1 aromatic heterocycles. The summed E-state index contributed by atoms with van der Waals surface area (Å²) in [5.74, 6) is -0.284. The van der Waals surface area contributed by atoms with Gasteiger partial charge in [0, 0.05) is 41.2 Å². The highest BCUT2D eigenvalue weighted by molar-refractivity contribution is 7.12. The average Bonchev–Trinajstić information content (AvgIpc) is 2.90. The van der Waals surface area contributed by atoms with Crippen LogP contribution >= 0.6 is 11.3 Å². The highest BCUT2D eigenvalue weighted by Crippen LogP contribution is 2.23. The molecule has 0 N–H and O–H groups in total. The Bertz CT molecular complexity index is 600. The van der Waals surface area contributed by atoms with Gasteiger partial charge >= 0.3 is 5.97 Å². The van der Waals surface area contributed by atoms with Gasteiger partial charge in [0.2, 0.25) is 5.91 Å². The van der Waals surface area contributed by atoms with E-state index >= 15 is 0 Å². The third-order valence-electron chi connectivity index (χ3n) is 4.29. The molecule has 126 valence electrons. The van der Waals surface area contributed by atoms with Gasteiger partial charge in [0.1, 0.15) is 0 Å². The van der Waals surface area contributed by atoms with Crippen molar-refractivity contribution in [3.63, 3.8) is 0 Å². The molecule has 23 heavy (non-hydrogen) atoms. The van der Waals surface area contributed by atoms with Gasteiger partial charge in [-0.05, 0) is 32.8 Å². The third kappa shape index (κ3) is 4.41. The molecule has 1 fully saturated rings. The van der Waals surface area contributed by atoms with Crippen molar-refractivity contribution in [2.24, 2.45) is 5.92 Å². The average molecular weight is 337 g/mol. The first-order chi connectivity index (χ1) is 10.9. The monoisotopic (exact) mass is 337 g/mol. The molecule has 5 nitrogen and oxygen atoms in total. The van der Waals surface area contributed by atoms with Crippen LogP contribution in [0.25, 0.3) is 0 Å². The van der Waals surface area contributed by atoms with E-state index in [1.54, 1.807) is 16.2 Å². The lowest BCUT2D eigenvalue weighted by Crippen LogP contribution is -2.40. The number of likely N-dealkylation sites (tertiary alicyclic amines) is 1. The van der Waals surface area contributed by atoms with Gasteiger partial charge in [-0.25, -0.2) is 0 Å². The number of thiophene rings is 1. The number of rotatable bonds is 5. The normalized spacial score (nSPS) is 15.5. The van der Waals surface area contributed by atoms with Crippen molar-refractivity contribution in [3.05, 3.63) is 21.4 Å². The molecule has 1 aliphatic rings. The Balaban J connectivity index is 1.81. The van der Waals surface area contributed by atoms with Gasteiger partial charge in [0.05, 0.1) is 13.0 Å². The predicted molar refractivity (Wildman–Crippen MR) is 88.7 cm³/mol. The summed E-state index contributed by atoms with van der Waals surface area (Å²) in [6, 6.07) is 1.90. The van der Waals surface area contributed by atoms with Crippen molar-refractivity contribution < 1.29 is 19.1 Å². The predicted octanol–water partition coefficient (Wildman–Crippen LogP) is 2.74. The maximum Gasteiger partial charge on any atom is 0.308 e. The number of ether oxygens (including phenoxy) is 1. The van der Waals surface area contributed by atoms with Crippen LogP contribution in [0.3, 0.4) is 0 Å². The topological polar surface area (TPSA) is 63.7 Å². The first-order valence-corrected chi connectivity index (χ1v) is 8.70. The zero-order chi connectivity index (χ0) is 17.0. The number of hydrogen-bond acceptors (Lipinski definition) is 5. The first-order valence-electron chi connectivity index (χ1n) is 7.88. The number of carbonyl (C=O) groups is 3. The third-order valence-corrected chi connectivity index (χ3v) is 5.26. The van der Waals surface area contributed by atoms with Gasteiger partial charge in [-0.2, -0.15) is 0 Å². The molecule has 0 aliphatic carbocycles. The van der Waals surface area contributed by atoms with E-state index in [1.807, 2.05) is 19.9 Å². The summed E-state index contributed by atoms with van der Waals surface area (Å²) in [4.78, 5) is 39.8. The fourth-order valence-electron chi connectivity index (χ4n) is 2.95. The van der Waals surface area contributed by atoms with Gasteiger partial charge in [-0.3, -0.25) is 14.4 Å². The summed E-state index contributed by atoms with van der Waals surface area (Å²) >= 11 is 1.60. The molecule has 0 spiro atoms. The van der Waals surface area contributed by atoms with Gasteiger partial charge in [0.25, 0.3) is 0 Å². The number of nitrogens with zero attached hydrogens (tertiary/aromatic N) is 1. The lowest BCUT2D eigenvalue weighted by molar-refractivity contribution is -0.148. The zero-order valence-electron chi connectivity index (χ0n) is 13.9. The van der Waals surface area contributed by atoms with E-state index in [0.29, 0.717) is 25.9 Å². The fraction of sp³-hybridized carbons (Fsp3) is 0.588. The number of amides is 1. The molecule has 0 atom stereocenters. The van der Waals surface area contributed by atoms with E-state index in [4.69, 9.17) is 4.74 Å². The second kappa shape index (κ2) is 7.73. The highest BCUT2D eigenvalue weighted by atomic mass is 32.1. The summed E-state index contributed by atoms with van der Waals surface area (Å²) in [5, 5.41) is 0. The summed E-state index contributed by atoms with van der Waals surface area (Å²) in [6.45, 7) is 5.03. The molecule has 0 bridgehead atoms. The largest absolute Gasteiger partial charge is 0.469 e. The summed E-state index contributed by atoms with van der Waals surface area (Å²) < 4.78 is 4.74. The Labute approximate surface area is 140 Å². The van der Waals surface area contributed by atoms with Crippen LogP contribution in [0, 0.1) is 19.8 Å². The van der Waals surface area contributed by atoms with E-state index in [1.165, 1.54) is 7.11 Å². The van der Waals surface area contributed by atoms with Gasteiger partial charge in [0.15, 0.2) is 5.78 Å². The SMILES string of the molecule is COC(=O)C1CCN(C(=O)CCC(=O)c2cc(C)sc2C)CC1. The summed E-state index contributed by atoms with van der Waals surface area (Å²) in [7, 11) is 1.39. The minimum absolute atomic E-state index is 0.00808. The zero-order valence-corrected chi connectivity index (χ0v) is 14.7. The maximum atomic E-state index is 12.2. The lowest BCUT2D eigenvalue weighted by atomic mass is 9.96. The van der Waals surface area contributed by atoms with Gasteiger partial charge in [-0.1, -0.05) is 0 Å². The van der Waals surface area contributed by atoms with Gasteiger partial charge in [-0.15, -0.1) is 11.3 Å². The second-order valence-electron chi connectivity index (χ2n) is 5.93. The molecule has 1 saturated heterocycles. The van der Waals surface area contributed by atoms with Crippen molar-refractivity contribution in [1.29, 1.82) is 0 Å². The summed E-state index contributed by atoms with van der Waals surface area (Å²) in [5.41, 5.74) is 0.740. The molecule has 0 saturated carbocycles. The van der Waals surface area contributed by atoms with E-state index < -0.39 is 0 Å². The van der Waals surface area contributed by atoms with Crippen molar-refractivity contribution >= 4 is 29.0 Å². The molecule has 1 aliphatic heterocycles. The lowest BCUT2D eigenvalue weighted by Gasteiger charge is -2.30. The Hall–Kier alpha value is -1.69. The van der Waals surface area contributed by atoms with Crippen LogP contribution in [-0.2, 0) is 14.3 Å². The number of Topliss-reactive ketones (excluding diaryl/α,β-unsaturated/α-hetero) is 1. The number of esters is 1. The molecule has 0 unspecified atom stereocenters. The van der Waals surface area contributed by atoms with E-state index in [0.717, 1.165) is 15.3 Å². The van der Waals surface area contributed by atoms with Crippen molar-refractivity contribution in [3.8, 4) is 0 Å². The Morgan fingerprint density at radius 3 is 2.39 bits per heavy atom. The number of aryl methyl sites for hydroxylation is 2. The van der Waals surface area contributed by atoms with E-state index in [2.05, 4.69) is 0 Å². The summed E-state index contributed by atoms with van der Waals surface area (Å²) in [6.07, 6.45) is 1.74. The molecule has 2 rings (SSSR count). The number of methoxy groups -OCH3 is 1. The molecule has 1 aromatic rings. The standard InChI is InChI=1S/C17H23NO4S/c1-11-10-14(12(2)23-11)15(19)4-5-16(20)18-8-6-13(7-9-18)17(21)22-3/h10,13H,4-9H2,1-3H3. The van der Waals surface area contributed by atoms with Crippen LogP contribution in [0.15, 0.2) is 6.07 Å². The second-order valence-corrected chi connectivity index (χ2v) is 7.39.